The average molecular weight is 313 g/mol. The maximum Gasteiger partial charge on any atom is 0.308 e. The van der Waals surface area contributed by atoms with E-state index in [4.69, 9.17) is 5.11 Å². The fourth-order valence-corrected chi connectivity index (χ4v) is 3.54. The highest BCUT2D eigenvalue weighted by Gasteiger charge is 2.51. The van der Waals surface area contributed by atoms with Gasteiger partial charge in [-0.15, -0.1) is 0 Å². The van der Waals surface area contributed by atoms with Crippen molar-refractivity contribution in [1.29, 1.82) is 0 Å². The second kappa shape index (κ2) is 4.12. The molecule has 2 saturated heterocycles. The molecule has 96 valence electrons. The van der Waals surface area contributed by atoms with Gasteiger partial charge in [-0.2, -0.15) is 0 Å². The number of carbonyl (C=O) groups is 2. The molecule has 0 radical (unpaired) electrons. The van der Waals surface area contributed by atoms with Gasteiger partial charge in [0.2, 0.25) is 0 Å². The summed E-state index contributed by atoms with van der Waals surface area (Å²) in [6, 6.07) is 1.68. The van der Waals surface area contributed by atoms with Gasteiger partial charge in [-0.3, -0.25) is 9.59 Å². The lowest BCUT2D eigenvalue weighted by Gasteiger charge is -2.22. The van der Waals surface area contributed by atoms with Crippen molar-refractivity contribution in [3.63, 3.8) is 0 Å². The quantitative estimate of drug-likeness (QED) is 0.875. The van der Waals surface area contributed by atoms with Gasteiger partial charge in [0.25, 0.3) is 5.91 Å². The number of fused-ring (bicyclic) bond motifs is 2. The number of amides is 1. The van der Waals surface area contributed by atoms with Gasteiger partial charge in [0, 0.05) is 22.8 Å². The van der Waals surface area contributed by atoms with Crippen LogP contribution in [0.4, 0.5) is 0 Å². The smallest absolute Gasteiger partial charge is 0.308 e. The largest absolute Gasteiger partial charge is 0.481 e. The van der Waals surface area contributed by atoms with E-state index in [2.05, 4.69) is 20.9 Å². The monoisotopic (exact) mass is 312 g/mol. The molecule has 2 aliphatic rings. The van der Waals surface area contributed by atoms with Gasteiger partial charge < -0.3 is 15.0 Å². The molecule has 3 atom stereocenters. The van der Waals surface area contributed by atoms with Crippen molar-refractivity contribution < 1.29 is 14.7 Å². The Labute approximate surface area is 112 Å². The van der Waals surface area contributed by atoms with Gasteiger partial charge in [-0.25, -0.2) is 0 Å². The number of H-pyrrole nitrogens is 1. The third-order valence-electron chi connectivity index (χ3n) is 3.97. The fraction of sp³-hybridized carbons (Fsp3) is 0.500. The Kier molecular flexibility index (Phi) is 2.69. The normalized spacial score (nSPS) is 29.8. The molecule has 0 spiro atoms. The Balaban J connectivity index is 1.85. The maximum atomic E-state index is 12.4. The molecule has 3 unspecified atom stereocenters. The summed E-state index contributed by atoms with van der Waals surface area (Å²) >= 11 is 3.29. The van der Waals surface area contributed by atoms with E-state index in [1.165, 1.54) is 0 Å². The van der Waals surface area contributed by atoms with Crippen molar-refractivity contribution in [2.24, 2.45) is 5.92 Å². The molecule has 3 heterocycles. The minimum Gasteiger partial charge on any atom is -0.481 e. The predicted molar refractivity (Wildman–Crippen MR) is 67.2 cm³/mol. The predicted octanol–water partition coefficient (Wildman–Crippen LogP) is 1.85. The zero-order valence-electron chi connectivity index (χ0n) is 9.60. The van der Waals surface area contributed by atoms with E-state index in [0.717, 1.165) is 17.3 Å². The summed E-state index contributed by atoms with van der Waals surface area (Å²) in [5.41, 5.74) is 0.518. The number of aliphatic carboxylic acids is 1. The van der Waals surface area contributed by atoms with E-state index >= 15 is 0 Å². The van der Waals surface area contributed by atoms with Crippen LogP contribution in [0.15, 0.2) is 16.7 Å². The highest BCUT2D eigenvalue weighted by molar-refractivity contribution is 9.10. The van der Waals surface area contributed by atoms with Crippen LogP contribution < -0.4 is 0 Å². The molecule has 18 heavy (non-hydrogen) atoms. The van der Waals surface area contributed by atoms with Crippen LogP contribution in [0.3, 0.4) is 0 Å². The van der Waals surface area contributed by atoms with Crippen LogP contribution in [0.1, 0.15) is 29.8 Å². The first-order chi connectivity index (χ1) is 8.58. The molecule has 0 aliphatic carbocycles. The lowest BCUT2D eigenvalue weighted by atomic mass is 9.89. The fourth-order valence-electron chi connectivity index (χ4n) is 3.20. The van der Waals surface area contributed by atoms with E-state index in [9.17, 15) is 9.59 Å². The summed E-state index contributed by atoms with van der Waals surface area (Å²) < 4.78 is 0.826. The number of carboxylic acids is 1. The van der Waals surface area contributed by atoms with E-state index in [0.29, 0.717) is 12.1 Å². The molecular weight excluding hydrogens is 300 g/mol. The lowest BCUT2D eigenvalue weighted by Crippen LogP contribution is -2.38. The van der Waals surface area contributed by atoms with Crippen LogP contribution in [-0.2, 0) is 4.79 Å². The number of carbonyl (C=O) groups excluding carboxylic acids is 1. The van der Waals surface area contributed by atoms with Gasteiger partial charge >= 0.3 is 5.97 Å². The summed E-state index contributed by atoms with van der Waals surface area (Å²) in [6.45, 7) is 0. The molecule has 2 fully saturated rings. The summed E-state index contributed by atoms with van der Waals surface area (Å²) in [5.74, 6) is -1.27. The van der Waals surface area contributed by atoms with Crippen LogP contribution in [0.5, 0.6) is 0 Å². The first-order valence-electron chi connectivity index (χ1n) is 5.97. The van der Waals surface area contributed by atoms with Crippen molar-refractivity contribution in [2.45, 2.75) is 31.3 Å². The van der Waals surface area contributed by atoms with Crippen LogP contribution in [0.25, 0.3) is 0 Å². The number of nitrogens with zero attached hydrogens (tertiary/aromatic N) is 1. The average Bonchev–Trinajstić information content (AvgIpc) is 3.01. The number of hydrogen-bond donors (Lipinski definition) is 2. The lowest BCUT2D eigenvalue weighted by molar-refractivity contribution is -0.142. The zero-order chi connectivity index (χ0) is 12.9. The van der Waals surface area contributed by atoms with E-state index in [1.807, 2.05) is 0 Å². The second-order valence-electron chi connectivity index (χ2n) is 4.92. The Bertz CT molecular complexity index is 513. The molecule has 1 amide bonds. The highest BCUT2D eigenvalue weighted by atomic mass is 79.9. The molecule has 2 N–H and O–H groups in total. The second-order valence-corrected chi connectivity index (χ2v) is 5.84. The third-order valence-corrected chi connectivity index (χ3v) is 4.42. The molecule has 6 heteroatoms. The molecule has 0 aromatic carbocycles. The first-order valence-corrected chi connectivity index (χ1v) is 6.76. The Morgan fingerprint density at radius 1 is 1.44 bits per heavy atom. The van der Waals surface area contributed by atoms with Gasteiger partial charge in [0.05, 0.1) is 5.92 Å². The van der Waals surface area contributed by atoms with Crippen LogP contribution in [0.2, 0.25) is 0 Å². The molecule has 2 aliphatic heterocycles. The number of hydrogen-bond acceptors (Lipinski definition) is 2. The number of carboxylic acid groups (broad SMARTS) is 1. The van der Waals surface area contributed by atoms with Crippen LogP contribution >= 0.6 is 15.9 Å². The number of halogens is 1. The van der Waals surface area contributed by atoms with Crippen LogP contribution in [-0.4, -0.2) is 39.0 Å². The van der Waals surface area contributed by atoms with Crippen molar-refractivity contribution in [3.05, 3.63) is 22.4 Å². The Morgan fingerprint density at radius 3 is 2.78 bits per heavy atom. The molecule has 2 bridgehead atoms. The van der Waals surface area contributed by atoms with E-state index < -0.39 is 11.9 Å². The molecule has 0 saturated carbocycles. The first kappa shape index (κ1) is 11.8. The summed E-state index contributed by atoms with van der Waals surface area (Å²) in [4.78, 5) is 28.2. The van der Waals surface area contributed by atoms with Gasteiger partial charge in [0.1, 0.15) is 5.69 Å². The molecular formula is C12H13BrN2O3. The van der Waals surface area contributed by atoms with Crippen molar-refractivity contribution in [3.8, 4) is 0 Å². The molecule has 1 aromatic heterocycles. The number of nitrogens with one attached hydrogen (secondary N) is 1. The van der Waals surface area contributed by atoms with E-state index in [1.54, 1.807) is 17.2 Å². The topological polar surface area (TPSA) is 73.4 Å². The minimum atomic E-state index is -0.785. The summed E-state index contributed by atoms with van der Waals surface area (Å²) in [7, 11) is 0. The zero-order valence-corrected chi connectivity index (χ0v) is 11.2. The third kappa shape index (κ3) is 1.67. The van der Waals surface area contributed by atoms with Gasteiger partial charge in [-0.1, -0.05) is 0 Å². The maximum absolute atomic E-state index is 12.4. The van der Waals surface area contributed by atoms with Crippen molar-refractivity contribution in [2.75, 3.05) is 0 Å². The Hall–Kier alpha value is -1.30. The highest BCUT2D eigenvalue weighted by Crippen LogP contribution is 2.42. The summed E-state index contributed by atoms with van der Waals surface area (Å²) in [5, 5.41) is 9.16. The van der Waals surface area contributed by atoms with Crippen molar-refractivity contribution in [1.82, 2.24) is 9.88 Å². The number of rotatable bonds is 2. The standard InChI is InChI=1S/C12H13BrN2O3/c13-6-3-9(14-5-6)11(16)15-7-1-2-10(15)8(4-7)12(17)18/h3,5,7-8,10,14H,1-2,4H2,(H,17,18). The SMILES string of the molecule is O=C(O)C1CC2CCC1N2C(=O)c1cc(Br)c[nH]1. The van der Waals surface area contributed by atoms with E-state index in [-0.39, 0.29) is 18.0 Å². The summed E-state index contributed by atoms with van der Waals surface area (Å²) in [6.07, 6.45) is 4.02. The Morgan fingerprint density at radius 2 is 2.22 bits per heavy atom. The molecule has 1 aromatic rings. The number of aromatic nitrogens is 1. The molecule has 5 nitrogen and oxygen atoms in total. The minimum absolute atomic E-state index is 0.0862. The molecule has 3 rings (SSSR count). The van der Waals surface area contributed by atoms with Crippen molar-refractivity contribution >= 4 is 27.8 Å². The van der Waals surface area contributed by atoms with Gasteiger partial charge in [0.15, 0.2) is 0 Å². The number of aromatic amines is 1. The van der Waals surface area contributed by atoms with Crippen LogP contribution in [0, 0.1) is 5.92 Å². The van der Waals surface area contributed by atoms with Gasteiger partial charge in [-0.05, 0) is 41.3 Å².